The summed E-state index contributed by atoms with van der Waals surface area (Å²) < 4.78 is 18.6. The summed E-state index contributed by atoms with van der Waals surface area (Å²) in [5, 5.41) is 2.89. The molecule has 0 fully saturated rings. The number of rotatable bonds is 6. The highest BCUT2D eigenvalue weighted by molar-refractivity contribution is 5.92. The van der Waals surface area contributed by atoms with Gasteiger partial charge in [-0.05, 0) is 61.6 Å². The van der Waals surface area contributed by atoms with Crippen LogP contribution >= 0.6 is 0 Å². The number of halogens is 1. The Balaban J connectivity index is 1.67. The molecule has 0 atom stereocenters. The van der Waals surface area contributed by atoms with Crippen LogP contribution in [0.3, 0.4) is 0 Å². The first-order valence-electron chi connectivity index (χ1n) is 8.38. The average Bonchev–Trinajstić information content (AvgIpc) is 3.11. The first kappa shape index (κ1) is 17.9. The van der Waals surface area contributed by atoms with Gasteiger partial charge in [-0.1, -0.05) is 24.3 Å². The summed E-state index contributed by atoms with van der Waals surface area (Å²) >= 11 is 0. The van der Waals surface area contributed by atoms with Gasteiger partial charge in [-0.25, -0.2) is 4.39 Å². The summed E-state index contributed by atoms with van der Waals surface area (Å²) in [6.45, 7) is 1.23. The quantitative estimate of drug-likeness (QED) is 0.727. The normalized spacial score (nSPS) is 10.9. The van der Waals surface area contributed by atoms with Crippen LogP contribution in [0, 0.1) is 5.82 Å². The zero-order valence-corrected chi connectivity index (χ0v) is 14.8. The lowest BCUT2D eigenvalue weighted by Gasteiger charge is -2.14. The van der Waals surface area contributed by atoms with Gasteiger partial charge in [0.2, 0.25) is 0 Å². The van der Waals surface area contributed by atoms with E-state index in [-0.39, 0.29) is 17.5 Å². The zero-order valence-electron chi connectivity index (χ0n) is 14.8. The average molecular weight is 352 g/mol. The minimum atomic E-state index is -0.310. The summed E-state index contributed by atoms with van der Waals surface area (Å²) in [6.07, 6.45) is 0. The van der Waals surface area contributed by atoms with E-state index in [1.54, 1.807) is 24.3 Å². The van der Waals surface area contributed by atoms with E-state index in [1.165, 1.54) is 17.7 Å². The molecule has 0 bridgehead atoms. The summed E-state index contributed by atoms with van der Waals surface area (Å²) in [7, 11) is 4.02. The highest BCUT2D eigenvalue weighted by Gasteiger charge is 2.13. The van der Waals surface area contributed by atoms with E-state index in [9.17, 15) is 9.18 Å². The number of carbonyl (C=O) groups excluding carboxylic acids is 1. The molecule has 2 aromatic carbocycles. The van der Waals surface area contributed by atoms with Gasteiger partial charge in [0.25, 0.3) is 5.91 Å². The highest BCUT2D eigenvalue weighted by atomic mass is 19.1. The summed E-state index contributed by atoms with van der Waals surface area (Å²) in [4.78, 5) is 14.5. The van der Waals surface area contributed by atoms with Crippen LogP contribution in [-0.2, 0) is 13.1 Å². The second-order valence-electron chi connectivity index (χ2n) is 6.36. The SMILES string of the molecule is CN(C)Cc1ccccc1CNC(=O)c1ccc(-c2ccc(F)cc2)o1. The van der Waals surface area contributed by atoms with Crippen LogP contribution in [0.2, 0.25) is 0 Å². The zero-order chi connectivity index (χ0) is 18.5. The Hall–Kier alpha value is -2.92. The molecule has 0 aliphatic carbocycles. The largest absolute Gasteiger partial charge is 0.451 e. The van der Waals surface area contributed by atoms with Crippen molar-refractivity contribution in [3.8, 4) is 11.3 Å². The Kier molecular flexibility index (Phi) is 5.49. The van der Waals surface area contributed by atoms with Crippen LogP contribution in [0.1, 0.15) is 21.7 Å². The molecule has 0 radical (unpaired) electrons. The Bertz CT molecular complexity index is 885. The van der Waals surface area contributed by atoms with Gasteiger partial charge in [-0.3, -0.25) is 4.79 Å². The third-order valence-electron chi connectivity index (χ3n) is 4.00. The van der Waals surface area contributed by atoms with Crippen LogP contribution in [-0.4, -0.2) is 24.9 Å². The predicted molar refractivity (Wildman–Crippen MR) is 99.1 cm³/mol. The topological polar surface area (TPSA) is 45.5 Å². The molecule has 1 N–H and O–H groups in total. The number of hydrogen-bond donors (Lipinski definition) is 1. The Labute approximate surface area is 152 Å². The third-order valence-corrected chi connectivity index (χ3v) is 4.00. The van der Waals surface area contributed by atoms with Gasteiger partial charge in [0.05, 0.1) is 0 Å². The van der Waals surface area contributed by atoms with Gasteiger partial charge in [0.1, 0.15) is 11.6 Å². The molecule has 0 unspecified atom stereocenters. The van der Waals surface area contributed by atoms with Crippen molar-refractivity contribution in [3.05, 3.63) is 83.4 Å². The molecule has 134 valence electrons. The van der Waals surface area contributed by atoms with Crippen molar-refractivity contribution in [2.45, 2.75) is 13.1 Å². The Morgan fingerprint density at radius 2 is 1.69 bits per heavy atom. The lowest BCUT2D eigenvalue weighted by Crippen LogP contribution is -2.23. The van der Waals surface area contributed by atoms with Gasteiger partial charge in [0.15, 0.2) is 5.76 Å². The second-order valence-corrected chi connectivity index (χ2v) is 6.36. The van der Waals surface area contributed by atoms with Crippen LogP contribution in [0.15, 0.2) is 65.1 Å². The van der Waals surface area contributed by atoms with Crippen LogP contribution < -0.4 is 5.32 Å². The fraction of sp³-hybridized carbons (Fsp3) is 0.190. The molecule has 0 saturated heterocycles. The lowest BCUT2D eigenvalue weighted by atomic mass is 10.1. The van der Waals surface area contributed by atoms with Crippen molar-refractivity contribution in [2.24, 2.45) is 0 Å². The monoisotopic (exact) mass is 352 g/mol. The summed E-state index contributed by atoms with van der Waals surface area (Å²) in [5.41, 5.74) is 2.96. The van der Waals surface area contributed by atoms with E-state index in [2.05, 4.69) is 16.3 Å². The molecular formula is C21H21FN2O2. The van der Waals surface area contributed by atoms with Crippen molar-refractivity contribution in [1.29, 1.82) is 0 Å². The van der Waals surface area contributed by atoms with Crippen molar-refractivity contribution in [1.82, 2.24) is 10.2 Å². The molecule has 0 aliphatic rings. The standard InChI is InChI=1S/C21H21FN2O2/c1-24(2)14-17-6-4-3-5-16(17)13-23-21(25)20-12-11-19(26-20)15-7-9-18(22)10-8-15/h3-12H,13-14H2,1-2H3,(H,23,25). The molecule has 1 aromatic heterocycles. The smallest absolute Gasteiger partial charge is 0.287 e. The minimum absolute atomic E-state index is 0.231. The molecule has 26 heavy (non-hydrogen) atoms. The lowest BCUT2D eigenvalue weighted by molar-refractivity contribution is 0.0924. The molecular weight excluding hydrogens is 331 g/mol. The third kappa shape index (κ3) is 4.37. The molecule has 3 rings (SSSR count). The minimum Gasteiger partial charge on any atom is -0.451 e. The van der Waals surface area contributed by atoms with E-state index in [0.29, 0.717) is 12.3 Å². The molecule has 0 saturated carbocycles. The molecule has 1 heterocycles. The van der Waals surface area contributed by atoms with Gasteiger partial charge >= 0.3 is 0 Å². The number of furan rings is 1. The van der Waals surface area contributed by atoms with Crippen molar-refractivity contribution >= 4 is 5.91 Å². The molecule has 3 aromatic rings. The number of nitrogens with zero attached hydrogens (tertiary/aromatic N) is 1. The fourth-order valence-corrected chi connectivity index (χ4v) is 2.72. The first-order valence-corrected chi connectivity index (χ1v) is 8.38. The maximum atomic E-state index is 13.0. The van der Waals surface area contributed by atoms with Crippen molar-refractivity contribution < 1.29 is 13.6 Å². The van der Waals surface area contributed by atoms with E-state index < -0.39 is 0 Å². The van der Waals surface area contributed by atoms with Gasteiger partial charge < -0.3 is 14.6 Å². The van der Waals surface area contributed by atoms with Crippen LogP contribution in [0.4, 0.5) is 4.39 Å². The summed E-state index contributed by atoms with van der Waals surface area (Å²) in [5.74, 6) is 0.172. The Morgan fingerprint density at radius 1 is 1.00 bits per heavy atom. The van der Waals surface area contributed by atoms with Gasteiger partial charge in [0, 0.05) is 18.7 Å². The maximum Gasteiger partial charge on any atom is 0.287 e. The van der Waals surface area contributed by atoms with E-state index in [1.807, 2.05) is 32.3 Å². The highest BCUT2D eigenvalue weighted by Crippen LogP contribution is 2.22. The van der Waals surface area contributed by atoms with Crippen LogP contribution in [0.5, 0.6) is 0 Å². The molecule has 4 nitrogen and oxygen atoms in total. The number of hydrogen-bond acceptors (Lipinski definition) is 3. The Morgan fingerprint density at radius 3 is 2.38 bits per heavy atom. The molecule has 0 aliphatic heterocycles. The number of nitrogens with one attached hydrogen (secondary N) is 1. The predicted octanol–water partition coefficient (Wildman–Crippen LogP) is 4.08. The van der Waals surface area contributed by atoms with E-state index in [0.717, 1.165) is 17.7 Å². The number of carbonyl (C=O) groups is 1. The fourth-order valence-electron chi connectivity index (χ4n) is 2.72. The number of amides is 1. The first-order chi connectivity index (χ1) is 12.5. The van der Waals surface area contributed by atoms with E-state index in [4.69, 9.17) is 4.42 Å². The van der Waals surface area contributed by atoms with Crippen molar-refractivity contribution in [3.63, 3.8) is 0 Å². The van der Waals surface area contributed by atoms with Crippen molar-refractivity contribution in [2.75, 3.05) is 14.1 Å². The summed E-state index contributed by atoms with van der Waals surface area (Å²) in [6, 6.07) is 17.3. The van der Waals surface area contributed by atoms with Crippen LogP contribution in [0.25, 0.3) is 11.3 Å². The van der Waals surface area contributed by atoms with Gasteiger partial charge in [-0.2, -0.15) is 0 Å². The maximum absolute atomic E-state index is 13.0. The molecule has 1 amide bonds. The molecule has 0 spiro atoms. The molecule has 5 heteroatoms. The van der Waals surface area contributed by atoms with Gasteiger partial charge in [-0.15, -0.1) is 0 Å². The van der Waals surface area contributed by atoms with E-state index >= 15 is 0 Å². The second kappa shape index (κ2) is 7.97. The number of benzene rings is 2.